The molecule has 0 unspecified atom stereocenters. The average Bonchev–Trinajstić information content (AvgIpc) is 3.08. The number of urea groups is 1. The van der Waals surface area contributed by atoms with E-state index in [4.69, 9.17) is 4.74 Å². The summed E-state index contributed by atoms with van der Waals surface area (Å²) in [6.45, 7) is 8.00. The van der Waals surface area contributed by atoms with Gasteiger partial charge in [-0.15, -0.1) is 11.3 Å². The fourth-order valence-electron chi connectivity index (χ4n) is 2.33. The van der Waals surface area contributed by atoms with Crippen LogP contribution in [0.3, 0.4) is 0 Å². The van der Waals surface area contributed by atoms with E-state index in [1.165, 1.54) is 11.3 Å². The summed E-state index contributed by atoms with van der Waals surface area (Å²) in [7, 11) is 1.60. The lowest BCUT2D eigenvalue weighted by Gasteiger charge is -2.26. The zero-order valence-electron chi connectivity index (χ0n) is 16.3. The van der Waals surface area contributed by atoms with Gasteiger partial charge in [0.1, 0.15) is 16.5 Å². The molecule has 27 heavy (non-hydrogen) atoms. The summed E-state index contributed by atoms with van der Waals surface area (Å²) in [6.07, 6.45) is 0. The summed E-state index contributed by atoms with van der Waals surface area (Å²) in [6, 6.07) is 6.94. The maximum atomic E-state index is 12.7. The van der Waals surface area contributed by atoms with Gasteiger partial charge >= 0.3 is 6.03 Å². The Morgan fingerprint density at radius 1 is 1.19 bits per heavy atom. The van der Waals surface area contributed by atoms with Gasteiger partial charge in [0.05, 0.1) is 13.7 Å². The van der Waals surface area contributed by atoms with Crippen molar-refractivity contribution in [2.24, 2.45) is 0 Å². The monoisotopic (exact) mass is 390 g/mol. The normalized spacial score (nSPS) is 10.8. The summed E-state index contributed by atoms with van der Waals surface area (Å²) in [5, 5.41) is 8.12. The molecule has 3 amide bonds. The van der Waals surface area contributed by atoms with Crippen LogP contribution in [0.4, 0.5) is 10.5 Å². The lowest BCUT2D eigenvalue weighted by Crippen LogP contribution is -2.39. The third-order valence-corrected chi connectivity index (χ3v) is 4.57. The number of carbonyl (C=O) groups is 2. The number of hydrogen-bond acceptors (Lipinski definition) is 5. The van der Waals surface area contributed by atoms with Gasteiger partial charge in [-0.05, 0) is 52.0 Å². The maximum absolute atomic E-state index is 12.7. The molecule has 8 heteroatoms. The highest BCUT2D eigenvalue weighted by atomic mass is 32.1. The fraction of sp³-hybridized carbons (Fsp3) is 0.421. The third kappa shape index (κ3) is 5.96. The second-order valence-corrected chi connectivity index (χ2v) is 7.58. The highest BCUT2D eigenvalue weighted by Crippen LogP contribution is 2.18. The number of hydrogen-bond donors (Lipinski definition) is 2. The van der Waals surface area contributed by atoms with Crippen LogP contribution in [0.15, 0.2) is 29.6 Å². The number of amides is 3. The van der Waals surface area contributed by atoms with Gasteiger partial charge in [-0.3, -0.25) is 4.79 Å². The van der Waals surface area contributed by atoms with Crippen LogP contribution in [-0.2, 0) is 6.54 Å². The summed E-state index contributed by atoms with van der Waals surface area (Å²) < 4.78 is 5.12. The molecular formula is C19H26N4O3S. The van der Waals surface area contributed by atoms with Crippen LogP contribution in [0.5, 0.6) is 5.75 Å². The first-order valence-corrected chi connectivity index (χ1v) is 9.65. The quantitative estimate of drug-likeness (QED) is 0.754. The zero-order chi connectivity index (χ0) is 20.0. The Morgan fingerprint density at radius 2 is 1.85 bits per heavy atom. The number of benzene rings is 1. The Kier molecular flexibility index (Phi) is 7.18. The van der Waals surface area contributed by atoms with Crippen molar-refractivity contribution >= 4 is 29.0 Å². The van der Waals surface area contributed by atoms with Crippen LogP contribution in [0.2, 0.25) is 0 Å². The molecule has 0 bridgehead atoms. The van der Waals surface area contributed by atoms with Gasteiger partial charge in [0.25, 0.3) is 5.91 Å². The minimum Gasteiger partial charge on any atom is -0.497 e. The van der Waals surface area contributed by atoms with Gasteiger partial charge in [-0.1, -0.05) is 0 Å². The molecule has 2 rings (SSSR count). The predicted octanol–water partition coefficient (Wildman–Crippen LogP) is 3.73. The smallest absolute Gasteiger partial charge is 0.322 e. The molecule has 2 N–H and O–H groups in total. The van der Waals surface area contributed by atoms with Gasteiger partial charge in [0.15, 0.2) is 0 Å². The molecule has 0 saturated heterocycles. The Morgan fingerprint density at radius 3 is 2.41 bits per heavy atom. The minimum absolute atomic E-state index is 0.0277. The number of nitrogens with one attached hydrogen (secondary N) is 2. The summed E-state index contributed by atoms with van der Waals surface area (Å²) in [5.41, 5.74) is 1.06. The molecule has 0 aliphatic carbocycles. The largest absolute Gasteiger partial charge is 0.497 e. The Hall–Kier alpha value is -2.61. The van der Waals surface area contributed by atoms with Crippen molar-refractivity contribution in [1.29, 1.82) is 0 Å². The predicted molar refractivity (Wildman–Crippen MR) is 107 cm³/mol. The van der Waals surface area contributed by atoms with Crippen molar-refractivity contribution in [1.82, 2.24) is 15.2 Å². The number of rotatable bonds is 7. The van der Waals surface area contributed by atoms with E-state index in [0.717, 1.165) is 5.75 Å². The molecule has 0 saturated carbocycles. The van der Waals surface area contributed by atoms with Crippen LogP contribution in [0.25, 0.3) is 0 Å². The fourth-order valence-corrected chi connectivity index (χ4v) is 3.10. The summed E-state index contributed by atoms with van der Waals surface area (Å²) in [5.74, 6) is 0.523. The van der Waals surface area contributed by atoms with E-state index in [1.54, 1.807) is 41.7 Å². The topological polar surface area (TPSA) is 83.6 Å². The molecule has 1 aromatic heterocycles. The molecule has 0 radical (unpaired) electrons. The van der Waals surface area contributed by atoms with Crippen LogP contribution in [0.1, 0.15) is 43.2 Å². The number of methoxy groups -OCH3 is 1. The second-order valence-electron chi connectivity index (χ2n) is 6.63. The van der Waals surface area contributed by atoms with Crippen molar-refractivity contribution in [3.05, 3.63) is 40.3 Å². The van der Waals surface area contributed by atoms with E-state index in [1.807, 2.05) is 27.7 Å². The molecule has 146 valence electrons. The van der Waals surface area contributed by atoms with Gasteiger partial charge in [0, 0.05) is 23.2 Å². The van der Waals surface area contributed by atoms with E-state index in [9.17, 15) is 9.59 Å². The van der Waals surface area contributed by atoms with Crippen LogP contribution in [-0.4, -0.2) is 41.0 Å². The lowest BCUT2D eigenvalue weighted by atomic mass is 10.3. The van der Waals surface area contributed by atoms with Crippen molar-refractivity contribution in [2.45, 2.75) is 46.3 Å². The van der Waals surface area contributed by atoms with E-state index in [0.29, 0.717) is 22.9 Å². The second kappa shape index (κ2) is 9.36. The number of carbonyl (C=O) groups excluding carboxylic acids is 2. The van der Waals surface area contributed by atoms with Gasteiger partial charge in [-0.25, -0.2) is 9.78 Å². The number of thiazole rings is 1. The molecular weight excluding hydrogens is 364 g/mol. The van der Waals surface area contributed by atoms with Crippen molar-refractivity contribution in [2.75, 3.05) is 12.4 Å². The van der Waals surface area contributed by atoms with E-state index in [-0.39, 0.29) is 24.0 Å². The van der Waals surface area contributed by atoms with Crippen LogP contribution < -0.4 is 15.4 Å². The number of ether oxygens (including phenoxy) is 1. The highest BCUT2D eigenvalue weighted by Gasteiger charge is 2.20. The van der Waals surface area contributed by atoms with E-state index in [2.05, 4.69) is 15.6 Å². The van der Waals surface area contributed by atoms with Crippen molar-refractivity contribution in [3.63, 3.8) is 0 Å². The highest BCUT2D eigenvalue weighted by molar-refractivity contribution is 7.09. The van der Waals surface area contributed by atoms with Gasteiger partial charge < -0.3 is 20.3 Å². The molecule has 1 aromatic carbocycles. The molecule has 7 nitrogen and oxygen atoms in total. The first kappa shape index (κ1) is 20.7. The summed E-state index contributed by atoms with van der Waals surface area (Å²) in [4.78, 5) is 30.8. The molecule has 0 spiro atoms. The number of aromatic nitrogens is 1. The minimum atomic E-state index is -0.224. The summed E-state index contributed by atoms with van der Waals surface area (Å²) >= 11 is 1.37. The van der Waals surface area contributed by atoms with Crippen molar-refractivity contribution < 1.29 is 14.3 Å². The van der Waals surface area contributed by atoms with Crippen LogP contribution in [0, 0.1) is 0 Å². The molecule has 0 atom stereocenters. The zero-order valence-corrected chi connectivity index (χ0v) is 17.1. The Labute approximate surface area is 163 Å². The molecule has 0 aliphatic heterocycles. The average molecular weight is 391 g/mol. The van der Waals surface area contributed by atoms with Gasteiger partial charge in [0.2, 0.25) is 0 Å². The van der Waals surface area contributed by atoms with Crippen molar-refractivity contribution in [3.8, 4) is 5.75 Å². The third-order valence-electron chi connectivity index (χ3n) is 3.74. The Bertz CT molecular complexity index is 772. The molecule has 0 fully saturated rings. The Balaban J connectivity index is 2.05. The standard InChI is InChI=1S/C19H26N4O3S/c1-12(2)20-18(24)16-11-27-17(22-16)10-23(13(3)4)19(25)21-14-6-8-15(26-5)9-7-14/h6-9,11-13H,10H2,1-5H3,(H,20,24)(H,21,25). The SMILES string of the molecule is COc1ccc(NC(=O)N(Cc2nc(C(=O)NC(C)C)cs2)C(C)C)cc1. The maximum Gasteiger partial charge on any atom is 0.322 e. The van der Waals surface area contributed by atoms with E-state index < -0.39 is 0 Å². The molecule has 1 heterocycles. The molecule has 2 aromatic rings. The van der Waals surface area contributed by atoms with Crippen LogP contribution >= 0.6 is 11.3 Å². The van der Waals surface area contributed by atoms with Gasteiger partial charge in [-0.2, -0.15) is 0 Å². The number of anilines is 1. The molecule has 0 aliphatic rings. The van der Waals surface area contributed by atoms with E-state index >= 15 is 0 Å². The first-order chi connectivity index (χ1) is 12.8. The first-order valence-electron chi connectivity index (χ1n) is 8.77. The number of nitrogens with zero attached hydrogens (tertiary/aromatic N) is 2. The lowest BCUT2D eigenvalue weighted by molar-refractivity contribution is 0.0938.